The summed E-state index contributed by atoms with van der Waals surface area (Å²) in [5.41, 5.74) is 0. The topological polar surface area (TPSA) is 61.7 Å². The molecule has 0 heterocycles. The number of rotatable bonds is 11. The molecule has 0 radical (unpaired) electrons. The number of hydrogen-bond acceptors (Lipinski definition) is 4. The number of nitrogens with one attached hydrogen (secondary N) is 1. The van der Waals surface area contributed by atoms with E-state index < -0.39 is 6.10 Å². The minimum Gasteiger partial charge on any atom is -0.396 e. The summed E-state index contributed by atoms with van der Waals surface area (Å²) in [7, 11) is 0. The Kier molecular flexibility index (Phi) is 10.3. The second-order valence-corrected chi connectivity index (χ2v) is 6.61. The maximum atomic E-state index is 10.0. The van der Waals surface area contributed by atoms with E-state index >= 15 is 0 Å². The van der Waals surface area contributed by atoms with E-state index in [9.17, 15) is 5.11 Å². The Bertz CT molecular complexity index is 244. The summed E-state index contributed by atoms with van der Waals surface area (Å²) in [4.78, 5) is 0. The van der Waals surface area contributed by atoms with Gasteiger partial charge in [-0.05, 0) is 44.1 Å². The van der Waals surface area contributed by atoms with Crippen LogP contribution in [-0.4, -0.2) is 48.7 Å². The van der Waals surface area contributed by atoms with E-state index in [2.05, 4.69) is 19.2 Å². The standard InChI is InChI=1S/C17H35NO3/c1-3-6-15(9-10-19)11-18-12-16(20)13-21-17-8-5-4-7-14(17)2/h14-20H,3-13H2,1-2H3. The van der Waals surface area contributed by atoms with Gasteiger partial charge in [-0.2, -0.15) is 0 Å². The first-order valence-corrected chi connectivity index (χ1v) is 8.78. The van der Waals surface area contributed by atoms with Gasteiger partial charge in [0.15, 0.2) is 0 Å². The van der Waals surface area contributed by atoms with Gasteiger partial charge in [-0.25, -0.2) is 0 Å². The van der Waals surface area contributed by atoms with Crippen molar-refractivity contribution < 1.29 is 14.9 Å². The zero-order chi connectivity index (χ0) is 15.5. The Morgan fingerprint density at radius 2 is 1.95 bits per heavy atom. The fraction of sp³-hybridized carbons (Fsp3) is 1.00. The van der Waals surface area contributed by atoms with Crippen molar-refractivity contribution in [1.29, 1.82) is 0 Å². The molecule has 4 nitrogen and oxygen atoms in total. The van der Waals surface area contributed by atoms with Crippen LogP contribution in [0, 0.1) is 11.8 Å². The second kappa shape index (κ2) is 11.4. The molecule has 0 spiro atoms. The van der Waals surface area contributed by atoms with Crippen molar-refractivity contribution in [3.05, 3.63) is 0 Å². The molecule has 4 unspecified atom stereocenters. The van der Waals surface area contributed by atoms with Crippen LogP contribution in [0.15, 0.2) is 0 Å². The average Bonchev–Trinajstić information content (AvgIpc) is 2.47. The highest BCUT2D eigenvalue weighted by molar-refractivity contribution is 4.73. The smallest absolute Gasteiger partial charge is 0.0897 e. The highest BCUT2D eigenvalue weighted by atomic mass is 16.5. The van der Waals surface area contributed by atoms with Gasteiger partial charge in [-0.15, -0.1) is 0 Å². The number of hydrogen-bond donors (Lipinski definition) is 3. The summed E-state index contributed by atoms with van der Waals surface area (Å²) in [5.74, 6) is 1.13. The van der Waals surface area contributed by atoms with Gasteiger partial charge < -0.3 is 20.3 Å². The molecule has 126 valence electrons. The SMILES string of the molecule is CCCC(CCO)CNCC(O)COC1CCCCC1C. The molecule has 0 bridgehead atoms. The highest BCUT2D eigenvalue weighted by Gasteiger charge is 2.22. The van der Waals surface area contributed by atoms with Gasteiger partial charge in [0.25, 0.3) is 0 Å². The van der Waals surface area contributed by atoms with Crippen LogP contribution in [0.1, 0.15) is 58.8 Å². The van der Waals surface area contributed by atoms with Crippen molar-refractivity contribution >= 4 is 0 Å². The zero-order valence-corrected chi connectivity index (χ0v) is 13.9. The van der Waals surface area contributed by atoms with E-state index in [4.69, 9.17) is 9.84 Å². The Morgan fingerprint density at radius 3 is 2.62 bits per heavy atom. The maximum Gasteiger partial charge on any atom is 0.0897 e. The van der Waals surface area contributed by atoms with E-state index in [1.807, 2.05) is 0 Å². The predicted molar refractivity (Wildman–Crippen MR) is 86.3 cm³/mol. The van der Waals surface area contributed by atoms with Gasteiger partial charge in [0.1, 0.15) is 0 Å². The van der Waals surface area contributed by atoms with Gasteiger partial charge in [-0.3, -0.25) is 0 Å². The van der Waals surface area contributed by atoms with Crippen molar-refractivity contribution in [3.8, 4) is 0 Å². The molecular formula is C17H35NO3. The predicted octanol–water partition coefficient (Wildman–Crippen LogP) is 2.33. The first kappa shape index (κ1) is 18.9. The molecular weight excluding hydrogens is 266 g/mol. The summed E-state index contributed by atoms with van der Waals surface area (Å²) in [6, 6.07) is 0. The van der Waals surface area contributed by atoms with Crippen molar-refractivity contribution in [2.24, 2.45) is 11.8 Å². The minimum atomic E-state index is -0.435. The molecule has 1 rings (SSSR count). The summed E-state index contributed by atoms with van der Waals surface area (Å²) in [6.45, 7) is 6.53. The lowest BCUT2D eigenvalue weighted by atomic mass is 9.88. The highest BCUT2D eigenvalue weighted by Crippen LogP contribution is 2.26. The van der Waals surface area contributed by atoms with E-state index in [1.54, 1.807) is 0 Å². The molecule has 0 aromatic heterocycles. The largest absolute Gasteiger partial charge is 0.396 e. The van der Waals surface area contributed by atoms with E-state index in [0.717, 1.165) is 32.2 Å². The van der Waals surface area contributed by atoms with Crippen LogP contribution < -0.4 is 5.32 Å². The van der Waals surface area contributed by atoms with Crippen LogP contribution in [0.5, 0.6) is 0 Å². The van der Waals surface area contributed by atoms with Crippen LogP contribution in [-0.2, 0) is 4.74 Å². The lowest BCUT2D eigenvalue weighted by Gasteiger charge is -2.29. The normalized spacial score (nSPS) is 25.7. The third-order valence-corrected chi connectivity index (χ3v) is 4.58. The van der Waals surface area contributed by atoms with Gasteiger partial charge >= 0.3 is 0 Å². The fourth-order valence-corrected chi connectivity index (χ4v) is 3.22. The zero-order valence-electron chi connectivity index (χ0n) is 13.9. The Labute approximate surface area is 130 Å². The Balaban J connectivity index is 2.10. The van der Waals surface area contributed by atoms with Crippen LogP contribution in [0.2, 0.25) is 0 Å². The number of aliphatic hydroxyl groups is 2. The monoisotopic (exact) mass is 301 g/mol. The van der Waals surface area contributed by atoms with Crippen LogP contribution in [0.3, 0.4) is 0 Å². The molecule has 21 heavy (non-hydrogen) atoms. The average molecular weight is 301 g/mol. The number of aliphatic hydroxyl groups excluding tert-OH is 2. The Hall–Kier alpha value is -0.160. The third kappa shape index (κ3) is 8.15. The molecule has 4 heteroatoms. The van der Waals surface area contributed by atoms with Crippen molar-refractivity contribution in [2.75, 3.05) is 26.3 Å². The summed E-state index contributed by atoms with van der Waals surface area (Å²) in [5, 5.41) is 22.3. The summed E-state index contributed by atoms with van der Waals surface area (Å²) < 4.78 is 5.88. The second-order valence-electron chi connectivity index (χ2n) is 6.61. The molecule has 1 fully saturated rings. The lowest BCUT2D eigenvalue weighted by Crippen LogP contribution is -2.36. The number of ether oxygens (including phenoxy) is 1. The Morgan fingerprint density at radius 1 is 1.19 bits per heavy atom. The van der Waals surface area contributed by atoms with Crippen LogP contribution >= 0.6 is 0 Å². The molecule has 0 amide bonds. The van der Waals surface area contributed by atoms with Gasteiger partial charge in [0.05, 0.1) is 18.8 Å². The molecule has 1 aliphatic carbocycles. The molecule has 0 saturated heterocycles. The van der Waals surface area contributed by atoms with Gasteiger partial charge in [0, 0.05) is 13.2 Å². The molecule has 0 aromatic rings. The molecule has 1 saturated carbocycles. The lowest BCUT2D eigenvalue weighted by molar-refractivity contribution is -0.0452. The molecule has 4 atom stereocenters. The maximum absolute atomic E-state index is 10.0. The minimum absolute atomic E-state index is 0.248. The molecule has 0 aliphatic heterocycles. The van der Waals surface area contributed by atoms with Crippen molar-refractivity contribution in [1.82, 2.24) is 5.32 Å². The van der Waals surface area contributed by atoms with E-state index in [1.165, 1.54) is 19.3 Å². The van der Waals surface area contributed by atoms with Gasteiger partial charge in [0.2, 0.25) is 0 Å². The van der Waals surface area contributed by atoms with E-state index in [-0.39, 0.29) is 6.61 Å². The summed E-state index contributed by atoms with van der Waals surface area (Å²) in [6.07, 6.45) is 7.95. The molecule has 0 aromatic carbocycles. The summed E-state index contributed by atoms with van der Waals surface area (Å²) >= 11 is 0. The molecule has 1 aliphatic rings. The third-order valence-electron chi connectivity index (χ3n) is 4.58. The first-order chi connectivity index (χ1) is 10.2. The first-order valence-electron chi connectivity index (χ1n) is 8.78. The van der Waals surface area contributed by atoms with Crippen LogP contribution in [0.25, 0.3) is 0 Å². The van der Waals surface area contributed by atoms with Crippen molar-refractivity contribution in [3.63, 3.8) is 0 Å². The van der Waals surface area contributed by atoms with Gasteiger partial charge in [-0.1, -0.05) is 33.1 Å². The van der Waals surface area contributed by atoms with Crippen LogP contribution in [0.4, 0.5) is 0 Å². The fourth-order valence-electron chi connectivity index (χ4n) is 3.22. The quantitative estimate of drug-likeness (QED) is 0.548. The molecule has 3 N–H and O–H groups in total. The van der Waals surface area contributed by atoms with Crippen molar-refractivity contribution in [2.45, 2.75) is 71.0 Å². The van der Waals surface area contributed by atoms with E-state index in [0.29, 0.717) is 31.1 Å².